The van der Waals surface area contributed by atoms with Crippen LogP contribution in [0.4, 0.5) is 0 Å². The van der Waals surface area contributed by atoms with E-state index >= 15 is 0 Å². The van der Waals surface area contributed by atoms with Gasteiger partial charge in [-0.25, -0.2) is 4.98 Å². The van der Waals surface area contributed by atoms with Gasteiger partial charge < -0.3 is 4.74 Å². The minimum absolute atomic E-state index is 0.125. The third kappa shape index (κ3) is 1.66. The van der Waals surface area contributed by atoms with Gasteiger partial charge in [-0.3, -0.25) is 9.89 Å². The Bertz CT molecular complexity index is 741. The van der Waals surface area contributed by atoms with Crippen molar-refractivity contribution in [2.24, 2.45) is 0 Å². The van der Waals surface area contributed by atoms with Crippen molar-refractivity contribution in [2.75, 3.05) is 7.11 Å². The molecule has 1 N–H and O–H groups in total. The van der Waals surface area contributed by atoms with Crippen LogP contribution in [0.15, 0.2) is 47.3 Å². The van der Waals surface area contributed by atoms with Gasteiger partial charge in [0, 0.05) is 11.6 Å². The van der Waals surface area contributed by atoms with E-state index < -0.39 is 0 Å². The summed E-state index contributed by atoms with van der Waals surface area (Å²) in [7, 11) is 1.62. The van der Waals surface area contributed by atoms with Gasteiger partial charge in [0.1, 0.15) is 5.75 Å². The Balaban J connectivity index is 2.13. The monoisotopic (exact) mass is 241 g/mol. The van der Waals surface area contributed by atoms with E-state index in [1.807, 2.05) is 24.3 Å². The van der Waals surface area contributed by atoms with Crippen molar-refractivity contribution in [1.29, 1.82) is 0 Å². The molecule has 0 aliphatic rings. The van der Waals surface area contributed by atoms with Crippen LogP contribution in [0.5, 0.6) is 5.75 Å². The summed E-state index contributed by atoms with van der Waals surface area (Å²) in [5.74, 6) is 1.44. The maximum Gasteiger partial charge on any atom is 0.271 e. The number of aromatic nitrogens is 3. The molecule has 0 saturated carbocycles. The molecule has 0 amide bonds. The maximum atomic E-state index is 11.6. The van der Waals surface area contributed by atoms with Crippen molar-refractivity contribution in [2.45, 2.75) is 0 Å². The highest BCUT2D eigenvalue weighted by Gasteiger charge is 2.05. The van der Waals surface area contributed by atoms with Crippen LogP contribution in [0.1, 0.15) is 0 Å². The van der Waals surface area contributed by atoms with Crippen molar-refractivity contribution in [1.82, 2.24) is 14.6 Å². The van der Waals surface area contributed by atoms with Gasteiger partial charge in [0.05, 0.1) is 7.11 Å². The predicted octanol–water partition coefficient (Wildman–Crippen LogP) is 1.70. The normalized spacial score (nSPS) is 10.7. The molecule has 90 valence electrons. The van der Waals surface area contributed by atoms with Crippen LogP contribution in [-0.2, 0) is 0 Å². The number of H-pyrrole nitrogens is 1. The number of benzene rings is 1. The van der Waals surface area contributed by atoms with Crippen molar-refractivity contribution in [3.8, 4) is 17.1 Å². The van der Waals surface area contributed by atoms with Crippen molar-refractivity contribution >= 4 is 5.65 Å². The van der Waals surface area contributed by atoms with Crippen molar-refractivity contribution < 1.29 is 4.74 Å². The quantitative estimate of drug-likeness (QED) is 0.742. The first kappa shape index (κ1) is 10.6. The number of hydrogen-bond acceptors (Lipinski definition) is 3. The molecule has 0 bridgehead atoms. The summed E-state index contributed by atoms with van der Waals surface area (Å²) in [5.41, 5.74) is 1.38. The molecule has 0 radical (unpaired) electrons. The minimum atomic E-state index is -0.125. The first-order valence-corrected chi connectivity index (χ1v) is 5.50. The van der Waals surface area contributed by atoms with E-state index in [1.165, 1.54) is 10.6 Å². The lowest BCUT2D eigenvalue weighted by Gasteiger charge is -1.99. The van der Waals surface area contributed by atoms with Crippen molar-refractivity contribution in [3.05, 3.63) is 52.8 Å². The summed E-state index contributed by atoms with van der Waals surface area (Å²) < 4.78 is 6.51. The Morgan fingerprint density at radius 2 is 1.94 bits per heavy atom. The van der Waals surface area contributed by atoms with Gasteiger partial charge in [-0.15, -0.1) is 0 Å². The van der Waals surface area contributed by atoms with Gasteiger partial charge in [-0.2, -0.15) is 4.52 Å². The first-order chi connectivity index (χ1) is 8.78. The fourth-order valence-corrected chi connectivity index (χ4v) is 1.80. The van der Waals surface area contributed by atoms with Gasteiger partial charge in [-0.05, 0) is 30.3 Å². The molecule has 5 nitrogen and oxygen atoms in total. The largest absolute Gasteiger partial charge is 0.497 e. The molecule has 0 saturated heterocycles. The topological polar surface area (TPSA) is 59.4 Å². The zero-order valence-electron chi connectivity index (χ0n) is 9.75. The Labute approximate surface area is 103 Å². The number of nitrogens with one attached hydrogen (secondary N) is 1. The van der Waals surface area contributed by atoms with E-state index in [4.69, 9.17) is 4.74 Å². The summed E-state index contributed by atoms with van der Waals surface area (Å²) in [6.45, 7) is 0. The van der Waals surface area contributed by atoms with Crippen LogP contribution >= 0.6 is 0 Å². The molecule has 18 heavy (non-hydrogen) atoms. The lowest BCUT2D eigenvalue weighted by atomic mass is 10.2. The van der Waals surface area contributed by atoms with Crippen LogP contribution in [-0.4, -0.2) is 21.7 Å². The van der Waals surface area contributed by atoms with Gasteiger partial charge in [0.25, 0.3) is 5.56 Å². The van der Waals surface area contributed by atoms with Crippen LogP contribution in [0.2, 0.25) is 0 Å². The molecule has 3 rings (SSSR count). The van der Waals surface area contributed by atoms with Gasteiger partial charge >= 0.3 is 0 Å². The van der Waals surface area contributed by atoms with Crippen LogP contribution in [0.25, 0.3) is 17.0 Å². The number of ether oxygens (including phenoxy) is 1. The number of fused-ring (bicyclic) bond motifs is 1. The second kappa shape index (κ2) is 4.03. The van der Waals surface area contributed by atoms with Crippen molar-refractivity contribution in [3.63, 3.8) is 0 Å². The third-order valence-corrected chi connectivity index (χ3v) is 2.74. The number of nitrogens with zero attached hydrogens (tertiary/aromatic N) is 2. The van der Waals surface area contributed by atoms with Gasteiger partial charge in [0.2, 0.25) is 0 Å². The summed E-state index contributed by atoms with van der Waals surface area (Å²) in [6, 6.07) is 12.4. The second-order valence-corrected chi connectivity index (χ2v) is 3.86. The molecular weight excluding hydrogens is 230 g/mol. The standard InChI is InChI=1S/C13H11N3O2/c1-18-10-7-5-9(6-8-10)13-14-11-3-2-4-12(17)16(11)15-13/h2-8H,1H3,(H,14,15). The SMILES string of the molecule is COc1ccc(-c2nc3cccc(=O)n3[nH]2)cc1. The average molecular weight is 241 g/mol. The summed E-state index contributed by atoms with van der Waals surface area (Å²) in [5, 5.41) is 2.97. The predicted molar refractivity (Wildman–Crippen MR) is 67.8 cm³/mol. The summed E-state index contributed by atoms with van der Waals surface area (Å²) >= 11 is 0. The summed E-state index contributed by atoms with van der Waals surface area (Å²) in [6.07, 6.45) is 0. The minimum Gasteiger partial charge on any atom is -0.497 e. The fraction of sp³-hybridized carbons (Fsp3) is 0.0769. The average Bonchev–Trinajstić information content (AvgIpc) is 2.84. The van der Waals surface area contributed by atoms with Crippen LogP contribution in [0.3, 0.4) is 0 Å². The lowest BCUT2D eigenvalue weighted by Crippen LogP contribution is -2.11. The van der Waals surface area contributed by atoms with Gasteiger partial charge in [-0.1, -0.05) is 6.07 Å². The first-order valence-electron chi connectivity index (χ1n) is 5.50. The Morgan fingerprint density at radius 1 is 1.17 bits per heavy atom. The zero-order chi connectivity index (χ0) is 12.5. The lowest BCUT2D eigenvalue weighted by molar-refractivity contribution is 0.415. The molecule has 0 atom stereocenters. The van der Waals surface area contributed by atoms with E-state index in [0.29, 0.717) is 11.5 Å². The van der Waals surface area contributed by atoms with Gasteiger partial charge in [0.15, 0.2) is 11.5 Å². The number of pyridine rings is 1. The van der Waals surface area contributed by atoms with E-state index in [0.717, 1.165) is 11.3 Å². The summed E-state index contributed by atoms with van der Waals surface area (Å²) in [4.78, 5) is 16.0. The molecule has 2 heterocycles. The number of methoxy groups -OCH3 is 1. The zero-order valence-corrected chi connectivity index (χ0v) is 9.75. The Morgan fingerprint density at radius 3 is 2.61 bits per heavy atom. The third-order valence-electron chi connectivity index (χ3n) is 2.74. The molecule has 1 aromatic carbocycles. The smallest absolute Gasteiger partial charge is 0.271 e. The van der Waals surface area contributed by atoms with E-state index in [2.05, 4.69) is 10.1 Å². The van der Waals surface area contributed by atoms with Crippen LogP contribution in [0, 0.1) is 0 Å². The Hall–Kier alpha value is -2.56. The molecule has 0 fully saturated rings. The second-order valence-electron chi connectivity index (χ2n) is 3.86. The number of hydrogen-bond donors (Lipinski definition) is 1. The highest BCUT2D eigenvalue weighted by atomic mass is 16.5. The molecule has 2 aromatic heterocycles. The van der Waals surface area contributed by atoms with E-state index in [1.54, 1.807) is 19.2 Å². The van der Waals surface area contributed by atoms with E-state index in [9.17, 15) is 4.79 Å². The number of aromatic amines is 1. The maximum absolute atomic E-state index is 11.6. The molecular formula is C13H11N3O2. The fourth-order valence-electron chi connectivity index (χ4n) is 1.80. The van der Waals surface area contributed by atoms with E-state index in [-0.39, 0.29) is 5.56 Å². The highest BCUT2D eigenvalue weighted by molar-refractivity contribution is 5.59. The molecule has 0 unspecified atom stereocenters. The molecule has 0 spiro atoms. The highest BCUT2D eigenvalue weighted by Crippen LogP contribution is 2.19. The Kier molecular flexibility index (Phi) is 2.37. The molecule has 0 aliphatic carbocycles. The van der Waals surface area contributed by atoms with Crippen LogP contribution < -0.4 is 10.3 Å². The number of rotatable bonds is 2. The molecule has 5 heteroatoms. The molecule has 3 aromatic rings. The molecule has 0 aliphatic heterocycles.